The predicted octanol–water partition coefficient (Wildman–Crippen LogP) is 5.49. The summed E-state index contributed by atoms with van der Waals surface area (Å²) in [6.07, 6.45) is 13.6. The van der Waals surface area contributed by atoms with Crippen LogP contribution in [0.25, 0.3) is 0 Å². The number of rotatable bonds is 12. The molecule has 5 nitrogen and oxygen atoms in total. The number of likely N-dealkylation sites (tertiary alicyclic amines) is 2. The van der Waals surface area contributed by atoms with Gasteiger partial charge in [-0.1, -0.05) is 75.8 Å². The number of carbonyl (C=O) groups is 2. The van der Waals surface area contributed by atoms with Gasteiger partial charge in [0.2, 0.25) is 11.8 Å². The molecule has 2 aliphatic heterocycles. The van der Waals surface area contributed by atoms with E-state index in [1.165, 1.54) is 44.1 Å². The zero-order chi connectivity index (χ0) is 24.2. The van der Waals surface area contributed by atoms with Crippen molar-refractivity contribution in [2.24, 2.45) is 5.92 Å². The average Bonchev–Trinajstić information content (AvgIpc) is 2.88. The van der Waals surface area contributed by atoms with Gasteiger partial charge < -0.3 is 14.7 Å². The van der Waals surface area contributed by atoms with Crippen LogP contribution in [0.4, 0.5) is 0 Å². The van der Waals surface area contributed by atoms with Crippen molar-refractivity contribution < 1.29 is 9.59 Å². The SMILES string of the molecule is CCCCCCCCCC(=O)N1CCC(N2CCC(C(=O)N(C)Cc3ccccc3)CC2)CC1. The molecule has 0 radical (unpaired) electrons. The Balaban J connectivity index is 1.30. The molecule has 0 unspecified atom stereocenters. The highest BCUT2D eigenvalue weighted by Gasteiger charge is 2.32. The van der Waals surface area contributed by atoms with E-state index in [-0.39, 0.29) is 11.8 Å². The highest BCUT2D eigenvalue weighted by molar-refractivity contribution is 5.78. The third-order valence-electron chi connectivity index (χ3n) is 7.85. The van der Waals surface area contributed by atoms with E-state index in [2.05, 4.69) is 28.9 Å². The van der Waals surface area contributed by atoms with Crippen molar-refractivity contribution in [1.29, 1.82) is 0 Å². The molecule has 2 aliphatic rings. The molecule has 0 atom stereocenters. The molecule has 2 fully saturated rings. The molecule has 190 valence electrons. The fourth-order valence-corrected chi connectivity index (χ4v) is 5.63. The molecule has 0 aromatic heterocycles. The highest BCUT2D eigenvalue weighted by Crippen LogP contribution is 2.26. The number of benzene rings is 1. The maximum absolute atomic E-state index is 12.9. The Morgan fingerprint density at radius 1 is 0.853 bits per heavy atom. The minimum absolute atomic E-state index is 0.147. The van der Waals surface area contributed by atoms with Crippen molar-refractivity contribution in [3.05, 3.63) is 35.9 Å². The first kappa shape index (κ1) is 26.7. The van der Waals surface area contributed by atoms with Crippen LogP contribution in [-0.4, -0.2) is 65.8 Å². The molecular weight excluding hydrogens is 422 g/mol. The van der Waals surface area contributed by atoms with E-state index in [0.29, 0.717) is 18.5 Å². The molecule has 3 rings (SSSR count). The van der Waals surface area contributed by atoms with Gasteiger partial charge in [-0.3, -0.25) is 9.59 Å². The minimum Gasteiger partial charge on any atom is -0.343 e. The van der Waals surface area contributed by atoms with Gasteiger partial charge >= 0.3 is 0 Å². The summed E-state index contributed by atoms with van der Waals surface area (Å²) in [6.45, 7) is 6.75. The van der Waals surface area contributed by atoms with E-state index in [1.807, 2.05) is 30.1 Å². The molecule has 5 heteroatoms. The minimum atomic E-state index is 0.147. The molecule has 1 aromatic carbocycles. The van der Waals surface area contributed by atoms with Gasteiger partial charge in [0.05, 0.1) is 0 Å². The lowest BCUT2D eigenvalue weighted by Gasteiger charge is -2.42. The monoisotopic (exact) mass is 469 g/mol. The standard InChI is InChI=1S/C29H47N3O2/c1-3-4-5-6-7-8-12-15-28(33)32-22-18-27(19-23-32)31-20-16-26(17-21-31)29(34)30(2)24-25-13-10-9-11-14-25/h9-11,13-14,26-27H,3-8,12,15-24H2,1-2H3. The summed E-state index contributed by atoms with van der Waals surface area (Å²) < 4.78 is 0. The second-order valence-corrected chi connectivity index (χ2v) is 10.5. The van der Waals surface area contributed by atoms with Crippen LogP contribution < -0.4 is 0 Å². The van der Waals surface area contributed by atoms with Crippen molar-refractivity contribution in [3.63, 3.8) is 0 Å². The van der Waals surface area contributed by atoms with Gasteiger partial charge in [0, 0.05) is 45.1 Å². The summed E-state index contributed by atoms with van der Waals surface area (Å²) in [6, 6.07) is 10.8. The maximum Gasteiger partial charge on any atom is 0.225 e. The van der Waals surface area contributed by atoms with Crippen molar-refractivity contribution in [2.75, 3.05) is 33.2 Å². The van der Waals surface area contributed by atoms with Gasteiger partial charge in [0.25, 0.3) is 0 Å². The molecule has 2 saturated heterocycles. The van der Waals surface area contributed by atoms with Gasteiger partial charge in [-0.2, -0.15) is 0 Å². The molecule has 2 heterocycles. The van der Waals surface area contributed by atoms with E-state index >= 15 is 0 Å². The number of piperidine rings is 2. The second-order valence-electron chi connectivity index (χ2n) is 10.5. The van der Waals surface area contributed by atoms with E-state index < -0.39 is 0 Å². The fourth-order valence-electron chi connectivity index (χ4n) is 5.63. The van der Waals surface area contributed by atoms with Gasteiger partial charge in [0.1, 0.15) is 0 Å². The highest BCUT2D eigenvalue weighted by atomic mass is 16.2. The topological polar surface area (TPSA) is 43.9 Å². The zero-order valence-electron chi connectivity index (χ0n) is 21.7. The van der Waals surface area contributed by atoms with Crippen LogP contribution in [0.15, 0.2) is 30.3 Å². The number of carbonyl (C=O) groups excluding carboxylic acids is 2. The average molecular weight is 470 g/mol. The van der Waals surface area contributed by atoms with Crippen LogP contribution in [0.2, 0.25) is 0 Å². The molecule has 34 heavy (non-hydrogen) atoms. The second kappa shape index (κ2) is 14.5. The van der Waals surface area contributed by atoms with Gasteiger partial charge in [-0.05, 0) is 50.8 Å². The van der Waals surface area contributed by atoms with Gasteiger partial charge in [0.15, 0.2) is 0 Å². The molecular formula is C29H47N3O2. The van der Waals surface area contributed by atoms with Crippen molar-refractivity contribution in [1.82, 2.24) is 14.7 Å². The zero-order valence-corrected chi connectivity index (χ0v) is 21.7. The number of unbranched alkanes of at least 4 members (excludes halogenated alkanes) is 6. The van der Waals surface area contributed by atoms with E-state index in [1.54, 1.807) is 0 Å². The normalized spacial score (nSPS) is 18.2. The molecule has 0 N–H and O–H groups in total. The van der Waals surface area contributed by atoms with Crippen molar-refractivity contribution in [2.45, 2.75) is 96.6 Å². The van der Waals surface area contributed by atoms with E-state index in [4.69, 9.17) is 0 Å². The Hall–Kier alpha value is -1.88. The Bertz CT molecular complexity index is 722. The Labute approximate surface area is 207 Å². The smallest absolute Gasteiger partial charge is 0.225 e. The molecule has 0 aliphatic carbocycles. The van der Waals surface area contributed by atoms with Crippen molar-refractivity contribution >= 4 is 11.8 Å². The lowest BCUT2D eigenvalue weighted by Crippen LogP contribution is -2.50. The predicted molar refractivity (Wildman–Crippen MR) is 139 cm³/mol. The molecule has 1 aromatic rings. The van der Waals surface area contributed by atoms with Crippen LogP contribution in [0.5, 0.6) is 0 Å². The molecule has 0 spiro atoms. The summed E-state index contributed by atoms with van der Waals surface area (Å²) >= 11 is 0. The molecule has 0 bridgehead atoms. The maximum atomic E-state index is 12.9. The number of hydrogen-bond donors (Lipinski definition) is 0. The van der Waals surface area contributed by atoms with Crippen LogP contribution in [0.1, 0.15) is 89.5 Å². The summed E-state index contributed by atoms with van der Waals surface area (Å²) in [7, 11) is 1.93. The Kier molecular flexibility index (Phi) is 11.4. The summed E-state index contributed by atoms with van der Waals surface area (Å²) in [4.78, 5) is 32.1. The van der Waals surface area contributed by atoms with Crippen LogP contribution in [0, 0.1) is 5.92 Å². The first-order chi connectivity index (χ1) is 16.6. The fraction of sp³-hybridized carbons (Fsp3) is 0.724. The third-order valence-corrected chi connectivity index (χ3v) is 7.85. The van der Waals surface area contributed by atoms with Crippen molar-refractivity contribution in [3.8, 4) is 0 Å². The first-order valence-corrected chi connectivity index (χ1v) is 13.9. The Morgan fingerprint density at radius 3 is 2.12 bits per heavy atom. The Morgan fingerprint density at radius 2 is 1.47 bits per heavy atom. The third kappa shape index (κ3) is 8.41. The molecule has 0 saturated carbocycles. The lowest BCUT2D eigenvalue weighted by atomic mass is 9.92. The first-order valence-electron chi connectivity index (χ1n) is 13.9. The van der Waals surface area contributed by atoms with Crippen LogP contribution >= 0.6 is 0 Å². The summed E-state index contributed by atoms with van der Waals surface area (Å²) in [5.74, 6) is 0.792. The number of hydrogen-bond acceptors (Lipinski definition) is 3. The summed E-state index contributed by atoms with van der Waals surface area (Å²) in [5, 5.41) is 0. The molecule has 2 amide bonds. The largest absolute Gasteiger partial charge is 0.343 e. The summed E-state index contributed by atoms with van der Waals surface area (Å²) in [5.41, 5.74) is 1.18. The van der Waals surface area contributed by atoms with Crippen LogP contribution in [0.3, 0.4) is 0 Å². The number of amides is 2. The quantitative estimate of drug-likeness (QED) is 0.380. The number of nitrogens with zero attached hydrogens (tertiary/aromatic N) is 3. The van der Waals surface area contributed by atoms with E-state index in [9.17, 15) is 9.59 Å². The lowest BCUT2D eigenvalue weighted by molar-refractivity contribution is -0.137. The van der Waals surface area contributed by atoms with Gasteiger partial charge in [-0.15, -0.1) is 0 Å². The van der Waals surface area contributed by atoms with E-state index in [0.717, 1.165) is 64.7 Å². The van der Waals surface area contributed by atoms with Crippen LogP contribution in [-0.2, 0) is 16.1 Å². The van der Waals surface area contributed by atoms with Gasteiger partial charge in [-0.25, -0.2) is 0 Å².